The van der Waals surface area contributed by atoms with Crippen molar-refractivity contribution >= 4 is 21.8 Å². The molecule has 5 nitrogen and oxygen atoms in total. The lowest BCUT2D eigenvalue weighted by molar-refractivity contribution is -0.128. The van der Waals surface area contributed by atoms with Gasteiger partial charge in [0, 0.05) is 19.2 Å². The molecule has 1 rings (SSSR count). The van der Waals surface area contributed by atoms with E-state index in [1.807, 2.05) is 18.7 Å². The molecule has 114 valence electrons. The molecule has 0 saturated carbocycles. The van der Waals surface area contributed by atoms with Gasteiger partial charge in [-0.3, -0.25) is 0 Å². The Morgan fingerprint density at radius 1 is 1.29 bits per heavy atom. The summed E-state index contributed by atoms with van der Waals surface area (Å²) in [7, 11) is -4.16. The van der Waals surface area contributed by atoms with Gasteiger partial charge < -0.3 is 9.08 Å². The molecular weight excluding hydrogens is 290 g/mol. The molecular formula is C15H19NO4S. The zero-order chi connectivity index (χ0) is 15.9. The first-order chi connectivity index (χ1) is 9.96. The van der Waals surface area contributed by atoms with Crippen LogP contribution in [0, 0.1) is 0 Å². The van der Waals surface area contributed by atoms with Crippen LogP contribution >= 0.6 is 0 Å². The van der Waals surface area contributed by atoms with Gasteiger partial charge in [-0.15, -0.1) is 0 Å². The summed E-state index contributed by atoms with van der Waals surface area (Å²) in [5, 5.41) is 0. The molecule has 0 N–H and O–H groups in total. The Bertz CT molecular complexity index is 631. The Morgan fingerprint density at radius 2 is 1.90 bits per heavy atom. The van der Waals surface area contributed by atoms with Gasteiger partial charge in [0.1, 0.15) is 4.90 Å². The van der Waals surface area contributed by atoms with Crippen LogP contribution in [0.5, 0.6) is 0 Å². The van der Waals surface area contributed by atoms with Gasteiger partial charge in [-0.2, -0.15) is 8.42 Å². The highest BCUT2D eigenvalue weighted by Gasteiger charge is 2.24. The minimum Gasteiger partial charge on any atom is -0.371 e. The first kappa shape index (κ1) is 17.0. The van der Waals surface area contributed by atoms with E-state index in [1.165, 1.54) is 18.2 Å². The highest BCUT2D eigenvalue weighted by Crippen LogP contribution is 2.26. The standard InChI is InChI=1S/C15H19NO4S/c1-4-7-12-15(17)20-21(18,19)14-11-9-8-10-13(14)16(5-2)6-3/h4,7-12H,1,5-6H2,2-3H3. The summed E-state index contributed by atoms with van der Waals surface area (Å²) >= 11 is 0. The Labute approximate surface area is 125 Å². The molecule has 0 bridgehead atoms. The Balaban J connectivity index is 3.17. The van der Waals surface area contributed by atoms with Crippen LogP contribution in [0.3, 0.4) is 0 Å². The number of carbonyl (C=O) groups excluding carboxylic acids is 1. The maximum atomic E-state index is 12.2. The second kappa shape index (κ2) is 7.64. The molecule has 0 aromatic heterocycles. The van der Waals surface area contributed by atoms with Crippen LogP contribution < -0.4 is 4.90 Å². The third-order valence-electron chi connectivity index (χ3n) is 2.80. The van der Waals surface area contributed by atoms with E-state index < -0.39 is 16.1 Å². The summed E-state index contributed by atoms with van der Waals surface area (Å²) in [5.74, 6) is -0.954. The molecule has 0 aliphatic rings. The van der Waals surface area contributed by atoms with E-state index in [9.17, 15) is 13.2 Å². The van der Waals surface area contributed by atoms with Crippen LogP contribution in [0.4, 0.5) is 5.69 Å². The molecule has 1 aromatic rings. The number of anilines is 1. The van der Waals surface area contributed by atoms with Crippen molar-refractivity contribution in [3.63, 3.8) is 0 Å². The van der Waals surface area contributed by atoms with E-state index in [0.717, 1.165) is 6.08 Å². The Kier molecular flexibility index (Phi) is 6.17. The fourth-order valence-corrected chi connectivity index (χ4v) is 2.88. The molecule has 0 aliphatic carbocycles. The molecule has 1 aromatic carbocycles. The van der Waals surface area contributed by atoms with Crippen LogP contribution in [0.25, 0.3) is 0 Å². The lowest BCUT2D eigenvalue weighted by Gasteiger charge is -2.23. The predicted octanol–water partition coefficient (Wildman–Crippen LogP) is 2.51. The van der Waals surface area contributed by atoms with E-state index in [4.69, 9.17) is 0 Å². The molecule has 21 heavy (non-hydrogen) atoms. The van der Waals surface area contributed by atoms with Crippen molar-refractivity contribution in [2.24, 2.45) is 0 Å². The van der Waals surface area contributed by atoms with Crippen LogP contribution in [0.15, 0.2) is 54.0 Å². The van der Waals surface area contributed by atoms with Crippen molar-refractivity contribution in [1.29, 1.82) is 0 Å². The molecule has 0 aliphatic heterocycles. The number of hydrogen-bond donors (Lipinski definition) is 0. The zero-order valence-corrected chi connectivity index (χ0v) is 13.0. The van der Waals surface area contributed by atoms with Crippen LogP contribution in [-0.4, -0.2) is 27.5 Å². The lowest BCUT2D eigenvalue weighted by atomic mass is 10.3. The second-order valence-electron chi connectivity index (χ2n) is 4.09. The van der Waals surface area contributed by atoms with Gasteiger partial charge in [-0.25, -0.2) is 4.79 Å². The van der Waals surface area contributed by atoms with Crippen molar-refractivity contribution < 1.29 is 17.4 Å². The SMILES string of the molecule is C=CC=CC(=O)OS(=O)(=O)c1ccccc1N(CC)CC. The monoisotopic (exact) mass is 309 g/mol. The number of nitrogens with zero attached hydrogens (tertiary/aromatic N) is 1. The summed E-state index contributed by atoms with van der Waals surface area (Å²) in [6.45, 7) is 8.53. The van der Waals surface area contributed by atoms with Crippen molar-refractivity contribution in [2.45, 2.75) is 18.7 Å². The normalized spacial score (nSPS) is 11.3. The predicted molar refractivity (Wildman–Crippen MR) is 82.6 cm³/mol. The second-order valence-corrected chi connectivity index (χ2v) is 5.61. The number of benzene rings is 1. The summed E-state index contributed by atoms with van der Waals surface area (Å²) in [5.41, 5.74) is 0.517. The Hall–Kier alpha value is -2.08. The smallest absolute Gasteiger partial charge is 0.346 e. The van der Waals surface area contributed by atoms with Gasteiger partial charge in [0.15, 0.2) is 0 Å². The van der Waals surface area contributed by atoms with Crippen LogP contribution in [0.2, 0.25) is 0 Å². The van der Waals surface area contributed by atoms with E-state index >= 15 is 0 Å². The van der Waals surface area contributed by atoms with Gasteiger partial charge in [-0.05, 0) is 26.0 Å². The van der Waals surface area contributed by atoms with E-state index in [2.05, 4.69) is 10.8 Å². The van der Waals surface area contributed by atoms with E-state index in [0.29, 0.717) is 18.8 Å². The fraction of sp³-hybridized carbons (Fsp3) is 0.267. The van der Waals surface area contributed by atoms with Gasteiger partial charge in [0.2, 0.25) is 0 Å². The average molecular weight is 309 g/mol. The zero-order valence-electron chi connectivity index (χ0n) is 12.2. The van der Waals surface area contributed by atoms with E-state index in [-0.39, 0.29) is 4.90 Å². The first-order valence-electron chi connectivity index (χ1n) is 6.57. The van der Waals surface area contributed by atoms with Gasteiger partial charge in [-0.1, -0.05) is 30.9 Å². The maximum Gasteiger partial charge on any atom is 0.346 e. The lowest BCUT2D eigenvalue weighted by Crippen LogP contribution is -2.24. The summed E-state index contributed by atoms with van der Waals surface area (Å²) in [6.07, 6.45) is 3.68. The van der Waals surface area contributed by atoms with Crippen LogP contribution in [0.1, 0.15) is 13.8 Å². The molecule has 0 heterocycles. The molecule has 0 radical (unpaired) electrons. The molecule has 0 fully saturated rings. The third-order valence-corrected chi connectivity index (χ3v) is 4.07. The number of hydrogen-bond acceptors (Lipinski definition) is 5. The topological polar surface area (TPSA) is 63.7 Å². The Morgan fingerprint density at radius 3 is 2.48 bits per heavy atom. The van der Waals surface area contributed by atoms with Crippen molar-refractivity contribution in [3.05, 3.63) is 49.1 Å². The highest BCUT2D eigenvalue weighted by atomic mass is 32.2. The molecule has 0 spiro atoms. The minimum absolute atomic E-state index is 0.0194. The highest BCUT2D eigenvalue weighted by molar-refractivity contribution is 7.87. The molecule has 0 saturated heterocycles. The number of carbonyl (C=O) groups is 1. The first-order valence-corrected chi connectivity index (χ1v) is 7.98. The minimum atomic E-state index is -4.16. The molecule has 0 amide bonds. The fourth-order valence-electron chi connectivity index (χ4n) is 1.82. The van der Waals surface area contributed by atoms with Gasteiger partial charge in [0.05, 0.1) is 5.69 Å². The largest absolute Gasteiger partial charge is 0.371 e. The maximum absolute atomic E-state index is 12.2. The van der Waals surface area contributed by atoms with Crippen molar-refractivity contribution in [2.75, 3.05) is 18.0 Å². The van der Waals surface area contributed by atoms with Crippen LogP contribution in [-0.2, 0) is 19.1 Å². The van der Waals surface area contributed by atoms with Gasteiger partial charge in [0.25, 0.3) is 0 Å². The number of allylic oxidation sites excluding steroid dienone is 2. The summed E-state index contributed by atoms with van der Waals surface area (Å²) in [4.78, 5) is 13.3. The number of para-hydroxylation sites is 1. The average Bonchev–Trinajstić information content (AvgIpc) is 2.46. The molecule has 0 atom stereocenters. The molecule has 6 heteroatoms. The quantitative estimate of drug-likeness (QED) is 0.440. The third kappa shape index (κ3) is 4.46. The van der Waals surface area contributed by atoms with E-state index in [1.54, 1.807) is 18.2 Å². The molecule has 0 unspecified atom stereocenters. The van der Waals surface area contributed by atoms with Crippen molar-refractivity contribution in [1.82, 2.24) is 0 Å². The summed E-state index contributed by atoms with van der Waals surface area (Å²) in [6, 6.07) is 6.44. The van der Waals surface area contributed by atoms with Gasteiger partial charge >= 0.3 is 16.1 Å². The number of rotatable bonds is 7. The van der Waals surface area contributed by atoms with Crippen molar-refractivity contribution in [3.8, 4) is 0 Å². The summed E-state index contributed by atoms with van der Waals surface area (Å²) < 4.78 is 29.0.